The van der Waals surface area contributed by atoms with E-state index in [1.807, 2.05) is 29.0 Å². The zero-order valence-corrected chi connectivity index (χ0v) is 15.6. The van der Waals surface area contributed by atoms with Gasteiger partial charge in [-0.3, -0.25) is 9.69 Å². The zero-order valence-electron chi connectivity index (χ0n) is 15.6. The van der Waals surface area contributed by atoms with E-state index in [0.29, 0.717) is 57.0 Å². The maximum Gasteiger partial charge on any atom is 0.241 e. The fraction of sp³-hybridized carbons (Fsp3) is 0.526. The first-order valence-corrected chi connectivity index (χ1v) is 9.00. The van der Waals surface area contributed by atoms with Crippen molar-refractivity contribution in [2.45, 2.75) is 26.3 Å². The van der Waals surface area contributed by atoms with Crippen molar-refractivity contribution in [2.24, 2.45) is 0 Å². The molecule has 1 aliphatic rings. The number of rotatable bonds is 6. The largest absolute Gasteiger partial charge is 0.378 e. The molecule has 2 aromatic rings. The lowest BCUT2D eigenvalue weighted by Gasteiger charge is -2.28. The van der Waals surface area contributed by atoms with Crippen LogP contribution in [-0.4, -0.2) is 65.7 Å². The minimum Gasteiger partial charge on any atom is -0.378 e. The highest BCUT2D eigenvalue weighted by molar-refractivity contribution is 5.78. The van der Waals surface area contributed by atoms with Gasteiger partial charge in [0.25, 0.3) is 0 Å². The number of ether oxygens (including phenoxy) is 1. The summed E-state index contributed by atoms with van der Waals surface area (Å²) in [5.74, 6) is 1.66. The minimum atomic E-state index is 0.0970. The Kier molecular flexibility index (Phi) is 6.00. The van der Waals surface area contributed by atoms with E-state index in [1.165, 1.54) is 5.56 Å². The van der Waals surface area contributed by atoms with Crippen LogP contribution in [0.5, 0.6) is 0 Å². The van der Waals surface area contributed by atoms with Crippen molar-refractivity contribution in [2.75, 3.05) is 39.9 Å². The maximum atomic E-state index is 12.3. The predicted molar refractivity (Wildman–Crippen MR) is 97.6 cm³/mol. The highest BCUT2D eigenvalue weighted by Crippen LogP contribution is 2.20. The third-order valence-corrected chi connectivity index (χ3v) is 4.48. The Morgan fingerprint density at radius 2 is 1.92 bits per heavy atom. The first-order chi connectivity index (χ1) is 12.5. The molecule has 7 heteroatoms. The Morgan fingerprint density at radius 1 is 1.23 bits per heavy atom. The van der Waals surface area contributed by atoms with E-state index in [1.54, 1.807) is 0 Å². The van der Waals surface area contributed by atoms with Gasteiger partial charge in [0, 0.05) is 18.7 Å². The van der Waals surface area contributed by atoms with Gasteiger partial charge in [-0.2, -0.15) is 4.98 Å². The maximum absolute atomic E-state index is 12.3. The fourth-order valence-corrected chi connectivity index (χ4v) is 2.88. The molecule has 0 N–H and O–H groups in total. The number of nitrogens with zero attached hydrogens (tertiary/aromatic N) is 4. The van der Waals surface area contributed by atoms with Gasteiger partial charge in [-0.1, -0.05) is 43.3 Å². The molecule has 0 atom stereocenters. The van der Waals surface area contributed by atoms with Gasteiger partial charge in [0.05, 0.1) is 26.3 Å². The molecule has 0 unspecified atom stereocenters. The summed E-state index contributed by atoms with van der Waals surface area (Å²) >= 11 is 0. The molecule has 1 aromatic carbocycles. The first-order valence-electron chi connectivity index (χ1n) is 9.00. The number of morpholine rings is 1. The molecule has 0 saturated carbocycles. The van der Waals surface area contributed by atoms with Crippen LogP contribution < -0.4 is 0 Å². The molecule has 1 aliphatic heterocycles. The lowest BCUT2D eigenvalue weighted by molar-refractivity contribution is -0.136. The molecule has 1 fully saturated rings. The molecule has 3 rings (SSSR count). The molecule has 0 spiro atoms. The van der Waals surface area contributed by atoms with Crippen LogP contribution in [0.4, 0.5) is 0 Å². The number of carbonyl (C=O) groups excluding carboxylic acids is 1. The van der Waals surface area contributed by atoms with E-state index < -0.39 is 0 Å². The summed E-state index contributed by atoms with van der Waals surface area (Å²) in [6.07, 6.45) is 0. The molecule has 1 aromatic heterocycles. The topological polar surface area (TPSA) is 71.7 Å². The van der Waals surface area contributed by atoms with E-state index in [9.17, 15) is 4.79 Å². The van der Waals surface area contributed by atoms with Crippen molar-refractivity contribution in [3.05, 3.63) is 35.7 Å². The lowest BCUT2D eigenvalue weighted by atomic mass is 10.0. The number of likely N-dealkylation sites (N-methyl/N-ethyl adjacent to an activating group) is 1. The first kappa shape index (κ1) is 18.5. The Morgan fingerprint density at radius 3 is 2.58 bits per heavy atom. The van der Waals surface area contributed by atoms with Gasteiger partial charge in [-0.25, -0.2) is 0 Å². The SMILES string of the molecule is CC(C)c1ccc(-c2noc(CN(C)CC(=O)N3CCOCC3)n2)cc1. The average Bonchev–Trinajstić information content (AvgIpc) is 3.10. The van der Waals surface area contributed by atoms with E-state index in [-0.39, 0.29) is 5.91 Å². The second-order valence-corrected chi connectivity index (χ2v) is 6.95. The van der Waals surface area contributed by atoms with Crippen molar-refractivity contribution >= 4 is 5.91 Å². The van der Waals surface area contributed by atoms with Crippen LogP contribution in [0.3, 0.4) is 0 Å². The van der Waals surface area contributed by atoms with Crippen molar-refractivity contribution in [1.82, 2.24) is 19.9 Å². The number of carbonyl (C=O) groups is 1. The van der Waals surface area contributed by atoms with E-state index in [0.717, 1.165) is 5.56 Å². The Bertz CT molecular complexity index is 721. The summed E-state index contributed by atoms with van der Waals surface area (Å²) < 4.78 is 10.6. The summed E-state index contributed by atoms with van der Waals surface area (Å²) in [4.78, 5) is 20.4. The van der Waals surface area contributed by atoms with Crippen LogP contribution in [-0.2, 0) is 16.1 Å². The summed E-state index contributed by atoms with van der Waals surface area (Å²) in [5.41, 5.74) is 2.20. The van der Waals surface area contributed by atoms with E-state index in [2.05, 4.69) is 36.1 Å². The van der Waals surface area contributed by atoms with Crippen molar-refractivity contribution in [3.8, 4) is 11.4 Å². The van der Waals surface area contributed by atoms with Crippen molar-refractivity contribution in [3.63, 3.8) is 0 Å². The molecular formula is C19H26N4O3. The number of hydrogen-bond acceptors (Lipinski definition) is 6. The summed E-state index contributed by atoms with van der Waals surface area (Å²) in [5, 5.41) is 4.06. The number of benzene rings is 1. The van der Waals surface area contributed by atoms with Crippen LogP contribution in [0, 0.1) is 0 Å². The van der Waals surface area contributed by atoms with Gasteiger partial charge in [-0.15, -0.1) is 0 Å². The standard InChI is InChI=1S/C19H26N4O3/c1-14(2)15-4-6-16(7-5-15)19-20-17(26-21-19)12-22(3)13-18(24)23-8-10-25-11-9-23/h4-7,14H,8-13H2,1-3H3. The Labute approximate surface area is 153 Å². The molecule has 26 heavy (non-hydrogen) atoms. The van der Waals surface area contributed by atoms with Crippen LogP contribution in [0.15, 0.2) is 28.8 Å². The number of hydrogen-bond donors (Lipinski definition) is 0. The highest BCUT2D eigenvalue weighted by atomic mass is 16.5. The van der Waals surface area contributed by atoms with Crippen LogP contribution in [0.25, 0.3) is 11.4 Å². The monoisotopic (exact) mass is 358 g/mol. The quantitative estimate of drug-likeness (QED) is 0.788. The third kappa shape index (κ3) is 4.68. The normalized spacial score (nSPS) is 15.0. The molecule has 0 radical (unpaired) electrons. The molecule has 0 aliphatic carbocycles. The number of aromatic nitrogens is 2. The van der Waals surface area contributed by atoms with Gasteiger partial charge < -0.3 is 14.2 Å². The van der Waals surface area contributed by atoms with Crippen molar-refractivity contribution in [1.29, 1.82) is 0 Å². The summed E-state index contributed by atoms with van der Waals surface area (Å²) in [7, 11) is 1.87. The average molecular weight is 358 g/mol. The molecule has 1 amide bonds. The molecule has 140 valence electrons. The van der Waals surface area contributed by atoms with Crippen LogP contribution in [0.1, 0.15) is 31.2 Å². The van der Waals surface area contributed by atoms with Gasteiger partial charge in [-0.05, 0) is 18.5 Å². The fourth-order valence-electron chi connectivity index (χ4n) is 2.88. The smallest absolute Gasteiger partial charge is 0.241 e. The molecule has 1 saturated heterocycles. The molecular weight excluding hydrogens is 332 g/mol. The van der Waals surface area contributed by atoms with E-state index >= 15 is 0 Å². The van der Waals surface area contributed by atoms with Gasteiger partial charge in [0.2, 0.25) is 17.6 Å². The van der Waals surface area contributed by atoms with Crippen LogP contribution in [0.2, 0.25) is 0 Å². The minimum absolute atomic E-state index is 0.0970. The van der Waals surface area contributed by atoms with Crippen molar-refractivity contribution < 1.29 is 14.1 Å². The Balaban J connectivity index is 1.56. The van der Waals surface area contributed by atoms with Crippen LogP contribution >= 0.6 is 0 Å². The van der Waals surface area contributed by atoms with Gasteiger partial charge in [0.15, 0.2) is 0 Å². The molecule has 0 bridgehead atoms. The lowest BCUT2D eigenvalue weighted by Crippen LogP contribution is -2.44. The zero-order chi connectivity index (χ0) is 18.5. The highest BCUT2D eigenvalue weighted by Gasteiger charge is 2.19. The third-order valence-electron chi connectivity index (χ3n) is 4.48. The second-order valence-electron chi connectivity index (χ2n) is 6.95. The second kappa shape index (κ2) is 8.42. The summed E-state index contributed by atoms with van der Waals surface area (Å²) in [6.45, 7) is 7.61. The van der Waals surface area contributed by atoms with E-state index in [4.69, 9.17) is 9.26 Å². The van der Waals surface area contributed by atoms with Gasteiger partial charge in [0.1, 0.15) is 0 Å². The number of amides is 1. The Hall–Kier alpha value is -2.25. The predicted octanol–water partition coefficient (Wildman–Crippen LogP) is 2.15. The molecule has 2 heterocycles. The van der Waals surface area contributed by atoms with Gasteiger partial charge >= 0.3 is 0 Å². The summed E-state index contributed by atoms with van der Waals surface area (Å²) in [6, 6.07) is 8.19. The molecule has 7 nitrogen and oxygen atoms in total.